The highest BCUT2D eigenvalue weighted by atomic mass is 16.2. The second-order valence-electron chi connectivity index (χ2n) is 8.13. The largest absolute Gasteiger partial charge is 0.351 e. The standard InChI is InChI=1S/C21H32N2O2/c1-5-23(15-16-9-7-6-8-10-16)20(25)18-13-11-17(12-14-18)19(24)22-21(2,3)4/h6-10,17-18H,5,11-15H2,1-4H3,(H,22,24). The van der Waals surface area contributed by atoms with E-state index in [4.69, 9.17) is 0 Å². The molecule has 1 saturated carbocycles. The molecule has 0 bridgehead atoms. The zero-order chi connectivity index (χ0) is 18.4. The van der Waals surface area contributed by atoms with Gasteiger partial charge in [-0.05, 0) is 58.9 Å². The Hall–Kier alpha value is -1.84. The monoisotopic (exact) mass is 344 g/mol. The maximum Gasteiger partial charge on any atom is 0.225 e. The highest BCUT2D eigenvalue weighted by molar-refractivity contribution is 5.81. The fraction of sp³-hybridized carbons (Fsp3) is 0.619. The van der Waals surface area contributed by atoms with E-state index in [9.17, 15) is 9.59 Å². The first-order valence-electron chi connectivity index (χ1n) is 9.45. The smallest absolute Gasteiger partial charge is 0.225 e. The molecular weight excluding hydrogens is 312 g/mol. The molecule has 1 aliphatic carbocycles. The highest BCUT2D eigenvalue weighted by Crippen LogP contribution is 2.31. The van der Waals surface area contributed by atoms with E-state index in [1.165, 1.54) is 0 Å². The molecule has 138 valence electrons. The van der Waals surface area contributed by atoms with E-state index in [1.807, 2.05) is 50.8 Å². The van der Waals surface area contributed by atoms with Crippen molar-refractivity contribution in [2.75, 3.05) is 6.54 Å². The molecule has 1 aromatic carbocycles. The van der Waals surface area contributed by atoms with E-state index >= 15 is 0 Å². The highest BCUT2D eigenvalue weighted by Gasteiger charge is 2.32. The van der Waals surface area contributed by atoms with Crippen LogP contribution in [0.3, 0.4) is 0 Å². The summed E-state index contributed by atoms with van der Waals surface area (Å²) in [5, 5.41) is 3.07. The van der Waals surface area contributed by atoms with Crippen LogP contribution < -0.4 is 5.32 Å². The average Bonchev–Trinajstić information content (AvgIpc) is 2.58. The summed E-state index contributed by atoms with van der Waals surface area (Å²) < 4.78 is 0. The molecule has 1 aromatic rings. The summed E-state index contributed by atoms with van der Waals surface area (Å²) in [6.07, 6.45) is 3.24. The molecule has 25 heavy (non-hydrogen) atoms. The van der Waals surface area contributed by atoms with Gasteiger partial charge in [-0.3, -0.25) is 9.59 Å². The minimum absolute atomic E-state index is 0.0486. The number of rotatable bonds is 5. The molecule has 0 unspecified atom stereocenters. The number of carbonyl (C=O) groups is 2. The van der Waals surface area contributed by atoms with E-state index in [2.05, 4.69) is 17.4 Å². The minimum Gasteiger partial charge on any atom is -0.351 e. The van der Waals surface area contributed by atoms with Crippen LogP contribution in [0.5, 0.6) is 0 Å². The Morgan fingerprint density at radius 1 is 1.04 bits per heavy atom. The van der Waals surface area contributed by atoms with Crippen molar-refractivity contribution in [2.24, 2.45) is 11.8 Å². The van der Waals surface area contributed by atoms with Crippen molar-refractivity contribution in [2.45, 2.75) is 65.5 Å². The van der Waals surface area contributed by atoms with Gasteiger partial charge in [-0.1, -0.05) is 30.3 Å². The molecule has 0 radical (unpaired) electrons. The third-order valence-electron chi connectivity index (χ3n) is 4.86. The lowest BCUT2D eigenvalue weighted by molar-refractivity contribution is -0.139. The van der Waals surface area contributed by atoms with E-state index in [0.717, 1.165) is 37.8 Å². The molecule has 1 aliphatic rings. The molecule has 0 atom stereocenters. The Labute approximate surface area is 152 Å². The number of amides is 2. The van der Waals surface area contributed by atoms with Crippen LogP contribution in [0.1, 0.15) is 58.9 Å². The lowest BCUT2D eigenvalue weighted by Crippen LogP contribution is -2.45. The van der Waals surface area contributed by atoms with Crippen molar-refractivity contribution in [3.05, 3.63) is 35.9 Å². The summed E-state index contributed by atoms with van der Waals surface area (Å²) in [5.41, 5.74) is 0.967. The summed E-state index contributed by atoms with van der Waals surface area (Å²) in [6.45, 7) is 9.43. The van der Waals surface area contributed by atoms with E-state index in [0.29, 0.717) is 6.54 Å². The molecule has 0 aliphatic heterocycles. The van der Waals surface area contributed by atoms with Gasteiger partial charge in [0.1, 0.15) is 0 Å². The van der Waals surface area contributed by atoms with Crippen LogP contribution in [0.2, 0.25) is 0 Å². The number of benzene rings is 1. The Bertz CT molecular complexity index is 569. The topological polar surface area (TPSA) is 49.4 Å². The zero-order valence-corrected chi connectivity index (χ0v) is 16.0. The van der Waals surface area contributed by atoms with E-state index in [1.54, 1.807) is 0 Å². The van der Waals surface area contributed by atoms with Crippen molar-refractivity contribution in [3.63, 3.8) is 0 Å². The maximum absolute atomic E-state index is 12.9. The van der Waals surface area contributed by atoms with Gasteiger partial charge in [-0.15, -0.1) is 0 Å². The Balaban J connectivity index is 1.88. The van der Waals surface area contributed by atoms with Crippen molar-refractivity contribution in [1.82, 2.24) is 10.2 Å². The predicted octanol–water partition coefficient (Wildman–Crippen LogP) is 3.76. The summed E-state index contributed by atoms with van der Waals surface area (Å²) in [6, 6.07) is 10.1. The average molecular weight is 344 g/mol. The molecular formula is C21H32N2O2. The summed E-state index contributed by atoms with van der Waals surface area (Å²) in [5.74, 6) is 0.478. The number of nitrogens with zero attached hydrogens (tertiary/aromatic N) is 1. The first-order valence-corrected chi connectivity index (χ1v) is 9.45. The molecule has 4 heteroatoms. The van der Waals surface area contributed by atoms with Gasteiger partial charge in [-0.2, -0.15) is 0 Å². The lowest BCUT2D eigenvalue weighted by Gasteiger charge is -2.32. The minimum atomic E-state index is -0.196. The van der Waals surface area contributed by atoms with Crippen LogP contribution in [-0.4, -0.2) is 28.8 Å². The van der Waals surface area contributed by atoms with Crippen molar-refractivity contribution >= 4 is 11.8 Å². The van der Waals surface area contributed by atoms with Crippen LogP contribution in [0.4, 0.5) is 0 Å². The van der Waals surface area contributed by atoms with E-state index < -0.39 is 0 Å². The van der Waals surface area contributed by atoms with Gasteiger partial charge in [0.05, 0.1) is 0 Å². The molecule has 1 fully saturated rings. The second kappa shape index (κ2) is 8.50. The van der Waals surface area contributed by atoms with Gasteiger partial charge >= 0.3 is 0 Å². The van der Waals surface area contributed by atoms with Gasteiger partial charge in [-0.25, -0.2) is 0 Å². The first kappa shape index (κ1) is 19.5. The predicted molar refractivity (Wildman–Crippen MR) is 101 cm³/mol. The van der Waals surface area contributed by atoms with Crippen molar-refractivity contribution < 1.29 is 9.59 Å². The Morgan fingerprint density at radius 2 is 1.60 bits per heavy atom. The van der Waals surface area contributed by atoms with Gasteiger partial charge in [0.2, 0.25) is 11.8 Å². The summed E-state index contributed by atoms with van der Waals surface area (Å²) >= 11 is 0. The molecule has 4 nitrogen and oxygen atoms in total. The second-order valence-corrected chi connectivity index (χ2v) is 8.13. The van der Waals surface area contributed by atoms with Gasteiger partial charge in [0.15, 0.2) is 0 Å². The molecule has 0 heterocycles. The molecule has 0 spiro atoms. The normalized spacial score (nSPS) is 20.8. The summed E-state index contributed by atoms with van der Waals surface area (Å²) in [4.78, 5) is 27.1. The van der Waals surface area contributed by atoms with Crippen LogP contribution in [0.15, 0.2) is 30.3 Å². The molecule has 2 amide bonds. The number of carbonyl (C=O) groups excluding carboxylic acids is 2. The van der Waals surface area contributed by atoms with Crippen molar-refractivity contribution in [3.8, 4) is 0 Å². The Morgan fingerprint density at radius 3 is 2.12 bits per heavy atom. The first-order chi connectivity index (χ1) is 11.8. The van der Waals surface area contributed by atoms with Gasteiger partial charge < -0.3 is 10.2 Å². The Kier molecular flexibility index (Phi) is 6.63. The molecule has 0 saturated heterocycles. The van der Waals surface area contributed by atoms with Crippen molar-refractivity contribution in [1.29, 1.82) is 0 Å². The lowest BCUT2D eigenvalue weighted by atomic mass is 9.80. The van der Waals surface area contributed by atoms with Crippen LogP contribution in [0.25, 0.3) is 0 Å². The summed E-state index contributed by atoms with van der Waals surface area (Å²) in [7, 11) is 0. The fourth-order valence-corrected chi connectivity index (χ4v) is 3.48. The van der Waals surface area contributed by atoms with Gasteiger partial charge in [0, 0.05) is 30.5 Å². The SMILES string of the molecule is CCN(Cc1ccccc1)C(=O)C1CCC(C(=O)NC(C)(C)C)CC1. The van der Waals surface area contributed by atoms with Crippen LogP contribution in [0, 0.1) is 11.8 Å². The number of hydrogen-bond acceptors (Lipinski definition) is 2. The van der Waals surface area contributed by atoms with E-state index in [-0.39, 0.29) is 29.2 Å². The maximum atomic E-state index is 12.9. The molecule has 2 rings (SSSR count). The molecule has 1 N–H and O–H groups in total. The van der Waals surface area contributed by atoms with Crippen LogP contribution in [-0.2, 0) is 16.1 Å². The zero-order valence-electron chi connectivity index (χ0n) is 16.0. The molecule has 0 aromatic heterocycles. The van der Waals surface area contributed by atoms with Crippen LogP contribution >= 0.6 is 0 Å². The quantitative estimate of drug-likeness (QED) is 0.884. The fourth-order valence-electron chi connectivity index (χ4n) is 3.48. The number of nitrogens with one attached hydrogen (secondary N) is 1. The third kappa shape index (κ3) is 5.87. The third-order valence-corrected chi connectivity index (χ3v) is 4.86. The number of hydrogen-bond donors (Lipinski definition) is 1. The van der Waals surface area contributed by atoms with Gasteiger partial charge in [0.25, 0.3) is 0 Å².